The monoisotopic (exact) mass is 727 g/mol. The lowest BCUT2D eigenvalue weighted by Gasteiger charge is -2.23. The number of hydrogen-bond acceptors (Lipinski definition) is 9. The maximum absolute atomic E-state index is 13.5. The average Bonchev–Trinajstić information content (AvgIpc) is 3.84. The Labute approximate surface area is 303 Å². The summed E-state index contributed by atoms with van der Waals surface area (Å²) in [6, 6.07) is 2.26. The average molecular weight is 728 g/mol. The fourth-order valence-electron chi connectivity index (χ4n) is 6.39. The van der Waals surface area contributed by atoms with Gasteiger partial charge in [-0.2, -0.15) is 0 Å². The molecule has 1 N–H and O–H groups in total. The number of rotatable bonds is 21. The summed E-state index contributed by atoms with van der Waals surface area (Å²) in [7, 11) is 0. The zero-order chi connectivity index (χ0) is 33.9. The number of hydrogen-bond donors (Lipinski definition) is 1. The van der Waals surface area contributed by atoms with Crippen LogP contribution in [0, 0.1) is 9.88 Å². The SMILES string of the molecule is CCCCCCN(CCCCCC)c1cc2c(s1)NC(=c1c(=O)c(=c3nc4c(s3)=CC(=[N+](CCCCCC)CCCCCC)S4)c1=O)S2. The Kier molecular flexibility index (Phi) is 14.7. The van der Waals surface area contributed by atoms with Gasteiger partial charge in [-0.1, -0.05) is 115 Å². The Morgan fingerprint density at radius 3 is 1.83 bits per heavy atom. The highest BCUT2D eigenvalue weighted by Crippen LogP contribution is 2.49. The van der Waals surface area contributed by atoms with Gasteiger partial charge in [0.05, 0.1) is 19.5 Å². The molecule has 5 rings (SSSR count). The fourth-order valence-corrected chi connectivity index (χ4v) is 11.1. The molecular formula is C38H55N4O2S4+. The van der Waals surface area contributed by atoms with Gasteiger partial charge in [0.15, 0.2) is 0 Å². The predicted octanol–water partition coefficient (Wildman–Crippen LogP) is 8.80. The Morgan fingerprint density at radius 1 is 0.708 bits per heavy atom. The van der Waals surface area contributed by atoms with Gasteiger partial charge in [0.2, 0.25) is 15.9 Å². The molecule has 0 radical (unpaired) electrons. The van der Waals surface area contributed by atoms with Crippen LogP contribution in [0.4, 0.5) is 10.0 Å². The van der Waals surface area contributed by atoms with Crippen LogP contribution in [0.15, 0.2) is 25.6 Å². The highest BCUT2D eigenvalue weighted by molar-refractivity contribution is 8.15. The molecule has 2 aliphatic heterocycles. The summed E-state index contributed by atoms with van der Waals surface area (Å²) in [5.41, 5.74) is -0.345. The van der Waals surface area contributed by atoms with Crippen LogP contribution in [0.3, 0.4) is 0 Å². The first kappa shape index (κ1) is 37.4. The van der Waals surface area contributed by atoms with Gasteiger partial charge in [0.1, 0.15) is 38.2 Å². The summed E-state index contributed by atoms with van der Waals surface area (Å²) in [6.45, 7) is 13.4. The number of anilines is 2. The van der Waals surface area contributed by atoms with Crippen LogP contribution < -0.4 is 30.8 Å². The summed E-state index contributed by atoms with van der Waals surface area (Å²) in [4.78, 5) is 35.4. The Balaban J connectivity index is 1.34. The van der Waals surface area contributed by atoms with E-state index in [2.05, 4.69) is 54.6 Å². The molecule has 2 aromatic heterocycles. The van der Waals surface area contributed by atoms with Gasteiger partial charge in [-0.15, -0.1) is 11.3 Å². The minimum absolute atomic E-state index is 0.172. The number of thiophene rings is 1. The molecule has 0 saturated carbocycles. The lowest BCUT2D eigenvalue weighted by Crippen LogP contribution is -2.51. The lowest BCUT2D eigenvalue weighted by atomic mass is 10.1. The normalized spacial score (nSPS) is 13.7. The summed E-state index contributed by atoms with van der Waals surface area (Å²) in [5.74, 6) is 0. The summed E-state index contributed by atoms with van der Waals surface area (Å²) in [6.07, 6.45) is 22.3. The number of thioether (sulfide) groups is 2. The third-order valence-electron chi connectivity index (χ3n) is 9.30. The van der Waals surface area contributed by atoms with Crippen LogP contribution in [-0.4, -0.2) is 40.8 Å². The molecule has 48 heavy (non-hydrogen) atoms. The highest BCUT2D eigenvalue weighted by Gasteiger charge is 2.27. The van der Waals surface area contributed by atoms with Gasteiger partial charge in [0.25, 0.3) is 0 Å². The number of aromatic nitrogens is 1. The summed E-state index contributed by atoms with van der Waals surface area (Å²) >= 11 is 6.48. The maximum atomic E-state index is 13.5. The zero-order valence-corrected chi connectivity index (χ0v) is 32.9. The molecule has 0 amide bonds. The van der Waals surface area contributed by atoms with Crippen LogP contribution in [0.2, 0.25) is 0 Å². The second-order valence-electron chi connectivity index (χ2n) is 13.2. The van der Waals surface area contributed by atoms with Crippen molar-refractivity contribution < 1.29 is 4.58 Å². The van der Waals surface area contributed by atoms with Gasteiger partial charge in [-0.3, -0.25) is 9.59 Å². The number of thiazole rings is 1. The van der Waals surface area contributed by atoms with Crippen molar-refractivity contribution in [3.05, 3.63) is 46.1 Å². The molecule has 0 saturated heterocycles. The van der Waals surface area contributed by atoms with Crippen molar-refractivity contribution >= 4 is 72.3 Å². The Hall–Kier alpha value is -1.88. The highest BCUT2D eigenvalue weighted by atomic mass is 32.2. The van der Waals surface area contributed by atoms with Crippen LogP contribution in [0.25, 0.3) is 11.1 Å². The molecule has 6 nitrogen and oxygen atoms in total. The van der Waals surface area contributed by atoms with E-state index < -0.39 is 0 Å². The predicted molar refractivity (Wildman–Crippen MR) is 212 cm³/mol. The van der Waals surface area contributed by atoms with E-state index in [1.54, 1.807) is 23.1 Å². The number of fused-ring (bicyclic) bond motifs is 2. The van der Waals surface area contributed by atoms with Crippen molar-refractivity contribution in [1.29, 1.82) is 0 Å². The van der Waals surface area contributed by atoms with E-state index in [1.807, 2.05) is 0 Å². The number of nitrogens with zero attached hydrogens (tertiary/aromatic N) is 3. The molecule has 10 heteroatoms. The fraction of sp³-hybridized carbons (Fsp3) is 0.632. The van der Waals surface area contributed by atoms with E-state index in [0.717, 1.165) is 45.6 Å². The van der Waals surface area contributed by atoms with Gasteiger partial charge in [0, 0.05) is 43.8 Å². The molecule has 0 atom stereocenters. The van der Waals surface area contributed by atoms with E-state index in [9.17, 15) is 9.59 Å². The molecule has 3 aromatic rings. The maximum Gasteiger partial charge on any atom is 0.242 e. The molecule has 0 bridgehead atoms. The second-order valence-corrected chi connectivity index (χ2v) is 17.4. The molecule has 262 valence electrons. The van der Waals surface area contributed by atoms with Crippen molar-refractivity contribution in [3.63, 3.8) is 0 Å². The van der Waals surface area contributed by atoms with E-state index in [0.29, 0.717) is 14.9 Å². The third-order valence-corrected chi connectivity index (χ3v) is 13.8. The zero-order valence-electron chi connectivity index (χ0n) is 29.6. The van der Waals surface area contributed by atoms with E-state index in [1.165, 1.54) is 136 Å². The minimum Gasteiger partial charge on any atom is -0.363 e. The lowest BCUT2D eigenvalue weighted by molar-refractivity contribution is -0.525. The molecule has 0 unspecified atom stereocenters. The first-order valence-electron chi connectivity index (χ1n) is 18.7. The molecule has 0 aliphatic carbocycles. The first-order chi connectivity index (χ1) is 23.5. The summed E-state index contributed by atoms with van der Waals surface area (Å²) in [5, 5.41) is 9.22. The third kappa shape index (κ3) is 9.26. The van der Waals surface area contributed by atoms with Gasteiger partial charge < -0.3 is 10.2 Å². The standard InChI is InChI=1S/C38H54N4O2S4/c1-5-9-13-17-21-41(22-18-14-10-6-2)29-25-27-35(47-29)39-37(45-27)31-33(43)32(34(31)44)38-40-36-28(46-38)26-30(48-36)42(23-19-15-11-7-3)24-20-16-12-8-4/h25-26H,5-24H2,1-4H3/p+1. The number of unbranched alkanes of at least 4 members (excludes halogenated alkanes) is 12. The van der Waals surface area contributed by atoms with E-state index in [-0.39, 0.29) is 16.1 Å². The Bertz CT molecular complexity index is 1750. The molecule has 0 spiro atoms. The van der Waals surface area contributed by atoms with Crippen molar-refractivity contribution in [2.75, 3.05) is 36.4 Å². The Morgan fingerprint density at radius 2 is 1.29 bits per heavy atom. The van der Waals surface area contributed by atoms with Gasteiger partial charge in [-0.05, 0) is 31.7 Å². The van der Waals surface area contributed by atoms with Crippen LogP contribution in [-0.2, 0) is 0 Å². The van der Waals surface area contributed by atoms with Crippen LogP contribution in [0.5, 0.6) is 0 Å². The van der Waals surface area contributed by atoms with Crippen molar-refractivity contribution in [2.45, 2.75) is 140 Å². The largest absolute Gasteiger partial charge is 0.363 e. The minimum atomic E-state index is -0.172. The quantitative estimate of drug-likeness (QED) is 0.0870. The van der Waals surface area contributed by atoms with Crippen LogP contribution >= 0.6 is 46.2 Å². The van der Waals surface area contributed by atoms with E-state index >= 15 is 0 Å². The molecule has 1 aromatic carbocycles. The first-order valence-corrected chi connectivity index (χ1v) is 21.9. The molecule has 4 heterocycles. The number of nitrogens with one attached hydrogen (secondary N) is 1. The molecule has 2 aliphatic rings. The summed E-state index contributed by atoms with van der Waals surface area (Å²) < 4.78 is 4.18. The van der Waals surface area contributed by atoms with Gasteiger partial charge >= 0.3 is 0 Å². The van der Waals surface area contributed by atoms with Gasteiger partial charge in [-0.25, -0.2) is 9.56 Å². The van der Waals surface area contributed by atoms with Crippen molar-refractivity contribution in [2.24, 2.45) is 0 Å². The van der Waals surface area contributed by atoms with Crippen LogP contribution in [0.1, 0.15) is 130 Å². The second kappa shape index (κ2) is 18.9. The van der Waals surface area contributed by atoms with E-state index in [4.69, 9.17) is 4.98 Å². The molecular weight excluding hydrogens is 673 g/mol. The molecule has 0 fully saturated rings. The van der Waals surface area contributed by atoms with Crippen molar-refractivity contribution in [3.8, 4) is 0 Å². The smallest absolute Gasteiger partial charge is 0.242 e. The topological polar surface area (TPSA) is 65.3 Å². The van der Waals surface area contributed by atoms with Crippen molar-refractivity contribution in [1.82, 2.24) is 4.98 Å².